The minimum absolute atomic E-state index is 0.00477. The standard InChI is InChI=1S/C11H19N3O2/c1-5-9(6-12)11(16)14(4)7-10(15)13-8(2)3/h8-9H,5,7H2,1-4H3,(H,13,15). The Morgan fingerprint density at radius 2 is 2.00 bits per heavy atom. The van der Waals surface area contributed by atoms with Gasteiger partial charge in [0, 0.05) is 13.1 Å². The van der Waals surface area contributed by atoms with E-state index in [1.54, 1.807) is 6.92 Å². The molecule has 0 heterocycles. The monoisotopic (exact) mass is 225 g/mol. The number of likely N-dealkylation sites (N-methyl/N-ethyl adjacent to an activating group) is 1. The van der Waals surface area contributed by atoms with Crippen molar-refractivity contribution in [3.05, 3.63) is 0 Å². The Kier molecular flexibility index (Phi) is 6.16. The van der Waals surface area contributed by atoms with E-state index < -0.39 is 5.92 Å². The lowest BCUT2D eigenvalue weighted by molar-refractivity contribution is -0.136. The molecule has 0 saturated carbocycles. The second-order valence-electron chi connectivity index (χ2n) is 4.01. The normalized spacial score (nSPS) is 11.8. The van der Waals surface area contributed by atoms with Crippen LogP contribution in [0.25, 0.3) is 0 Å². The number of carbonyl (C=O) groups is 2. The zero-order valence-electron chi connectivity index (χ0n) is 10.3. The first-order chi connectivity index (χ1) is 7.42. The minimum atomic E-state index is -0.656. The lowest BCUT2D eigenvalue weighted by Gasteiger charge is -2.19. The fourth-order valence-electron chi connectivity index (χ4n) is 1.25. The zero-order valence-corrected chi connectivity index (χ0v) is 10.3. The van der Waals surface area contributed by atoms with Gasteiger partial charge in [-0.05, 0) is 20.3 Å². The fraction of sp³-hybridized carbons (Fsp3) is 0.727. The number of nitrogens with one attached hydrogen (secondary N) is 1. The highest BCUT2D eigenvalue weighted by molar-refractivity contribution is 5.86. The minimum Gasteiger partial charge on any atom is -0.352 e. The third-order valence-corrected chi connectivity index (χ3v) is 2.07. The number of amides is 2. The summed E-state index contributed by atoms with van der Waals surface area (Å²) in [6, 6.07) is 1.97. The van der Waals surface area contributed by atoms with Crippen molar-refractivity contribution in [1.82, 2.24) is 10.2 Å². The number of rotatable bonds is 5. The van der Waals surface area contributed by atoms with Gasteiger partial charge in [0.2, 0.25) is 11.8 Å². The van der Waals surface area contributed by atoms with Crippen molar-refractivity contribution in [2.75, 3.05) is 13.6 Å². The Labute approximate surface area is 96.4 Å². The smallest absolute Gasteiger partial charge is 0.240 e. The molecule has 0 aliphatic carbocycles. The van der Waals surface area contributed by atoms with Gasteiger partial charge in [0.1, 0.15) is 5.92 Å². The molecule has 0 aliphatic rings. The van der Waals surface area contributed by atoms with E-state index in [0.717, 1.165) is 0 Å². The summed E-state index contributed by atoms with van der Waals surface area (Å²) in [6.07, 6.45) is 0.464. The van der Waals surface area contributed by atoms with Crippen LogP contribution >= 0.6 is 0 Å². The third-order valence-electron chi connectivity index (χ3n) is 2.07. The van der Waals surface area contributed by atoms with Gasteiger partial charge in [-0.15, -0.1) is 0 Å². The summed E-state index contributed by atoms with van der Waals surface area (Å²) < 4.78 is 0. The molecule has 0 rings (SSSR count). The molecular weight excluding hydrogens is 206 g/mol. The Bertz CT molecular complexity index is 294. The number of nitrogens with zero attached hydrogens (tertiary/aromatic N) is 2. The van der Waals surface area contributed by atoms with E-state index in [4.69, 9.17) is 5.26 Å². The highest BCUT2D eigenvalue weighted by atomic mass is 16.2. The van der Waals surface area contributed by atoms with Gasteiger partial charge in [0.25, 0.3) is 0 Å². The van der Waals surface area contributed by atoms with Crippen LogP contribution in [0.3, 0.4) is 0 Å². The molecule has 90 valence electrons. The molecule has 5 nitrogen and oxygen atoms in total. The van der Waals surface area contributed by atoms with Crippen molar-refractivity contribution >= 4 is 11.8 Å². The van der Waals surface area contributed by atoms with E-state index >= 15 is 0 Å². The van der Waals surface area contributed by atoms with E-state index in [1.165, 1.54) is 11.9 Å². The van der Waals surface area contributed by atoms with Gasteiger partial charge in [0.15, 0.2) is 0 Å². The summed E-state index contributed by atoms with van der Waals surface area (Å²) in [5.41, 5.74) is 0. The first-order valence-electron chi connectivity index (χ1n) is 5.36. The first kappa shape index (κ1) is 14.4. The SMILES string of the molecule is CCC(C#N)C(=O)N(C)CC(=O)NC(C)C. The maximum atomic E-state index is 11.6. The largest absolute Gasteiger partial charge is 0.352 e. The predicted molar refractivity (Wildman–Crippen MR) is 60.3 cm³/mol. The molecule has 2 amide bonds. The van der Waals surface area contributed by atoms with Crippen molar-refractivity contribution in [2.45, 2.75) is 33.2 Å². The van der Waals surface area contributed by atoms with Crippen LogP contribution in [0.4, 0.5) is 0 Å². The average Bonchev–Trinajstić information content (AvgIpc) is 2.17. The molecule has 0 aromatic carbocycles. The lowest BCUT2D eigenvalue weighted by Crippen LogP contribution is -2.42. The molecule has 1 unspecified atom stereocenters. The Morgan fingerprint density at radius 3 is 2.38 bits per heavy atom. The number of nitriles is 1. The zero-order chi connectivity index (χ0) is 12.7. The van der Waals surface area contributed by atoms with Gasteiger partial charge in [0.05, 0.1) is 12.6 Å². The molecule has 0 spiro atoms. The third kappa shape index (κ3) is 4.78. The van der Waals surface area contributed by atoms with Crippen molar-refractivity contribution in [2.24, 2.45) is 5.92 Å². The molecule has 0 aromatic heterocycles. The van der Waals surface area contributed by atoms with Gasteiger partial charge in [-0.2, -0.15) is 5.26 Å². The molecule has 0 aliphatic heterocycles. The van der Waals surface area contributed by atoms with Crippen LogP contribution in [0.5, 0.6) is 0 Å². The van der Waals surface area contributed by atoms with E-state index in [2.05, 4.69) is 5.32 Å². The van der Waals surface area contributed by atoms with Gasteiger partial charge < -0.3 is 10.2 Å². The number of hydrogen-bond donors (Lipinski definition) is 1. The van der Waals surface area contributed by atoms with Crippen molar-refractivity contribution in [3.8, 4) is 6.07 Å². The van der Waals surface area contributed by atoms with Gasteiger partial charge in [-0.25, -0.2) is 0 Å². The van der Waals surface area contributed by atoms with Crippen LogP contribution in [0.15, 0.2) is 0 Å². The Hall–Kier alpha value is -1.57. The molecule has 1 N–H and O–H groups in total. The lowest BCUT2D eigenvalue weighted by atomic mass is 10.1. The van der Waals surface area contributed by atoms with Crippen molar-refractivity contribution in [3.63, 3.8) is 0 Å². The van der Waals surface area contributed by atoms with Gasteiger partial charge >= 0.3 is 0 Å². The summed E-state index contributed by atoms with van der Waals surface area (Å²) in [5.74, 6) is -1.17. The molecular formula is C11H19N3O2. The van der Waals surface area contributed by atoms with E-state index in [9.17, 15) is 9.59 Å². The first-order valence-corrected chi connectivity index (χ1v) is 5.36. The summed E-state index contributed by atoms with van der Waals surface area (Å²) >= 11 is 0. The van der Waals surface area contributed by atoms with Crippen LogP contribution in [0.1, 0.15) is 27.2 Å². The molecule has 5 heteroatoms. The van der Waals surface area contributed by atoms with Crippen LogP contribution in [0, 0.1) is 17.2 Å². The molecule has 0 fully saturated rings. The highest BCUT2D eigenvalue weighted by Gasteiger charge is 2.21. The van der Waals surface area contributed by atoms with Crippen molar-refractivity contribution < 1.29 is 9.59 Å². The summed E-state index contributed by atoms with van der Waals surface area (Å²) in [6.45, 7) is 5.47. The topological polar surface area (TPSA) is 73.2 Å². The number of carbonyl (C=O) groups excluding carboxylic acids is 2. The summed E-state index contributed by atoms with van der Waals surface area (Å²) in [7, 11) is 1.53. The molecule has 16 heavy (non-hydrogen) atoms. The Morgan fingerprint density at radius 1 is 1.44 bits per heavy atom. The average molecular weight is 225 g/mol. The Balaban J connectivity index is 4.26. The fourth-order valence-corrected chi connectivity index (χ4v) is 1.25. The highest BCUT2D eigenvalue weighted by Crippen LogP contribution is 2.04. The van der Waals surface area contributed by atoms with Crippen LogP contribution in [0.2, 0.25) is 0 Å². The predicted octanol–water partition coefficient (Wildman–Crippen LogP) is 0.519. The second-order valence-corrected chi connectivity index (χ2v) is 4.01. The van der Waals surface area contributed by atoms with E-state index in [-0.39, 0.29) is 24.4 Å². The number of hydrogen-bond acceptors (Lipinski definition) is 3. The maximum Gasteiger partial charge on any atom is 0.240 e. The molecule has 0 saturated heterocycles. The summed E-state index contributed by atoms with van der Waals surface area (Å²) in [4.78, 5) is 24.3. The molecule has 0 radical (unpaired) electrons. The summed E-state index contributed by atoms with van der Waals surface area (Å²) in [5, 5.41) is 11.4. The van der Waals surface area contributed by atoms with E-state index in [0.29, 0.717) is 6.42 Å². The molecule has 0 bridgehead atoms. The maximum absolute atomic E-state index is 11.6. The quantitative estimate of drug-likeness (QED) is 0.741. The molecule has 0 aromatic rings. The van der Waals surface area contributed by atoms with Crippen molar-refractivity contribution in [1.29, 1.82) is 5.26 Å². The molecule has 1 atom stereocenters. The van der Waals surface area contributed by atoms with Crippen LogP contribution < -0.4 is 5.32 Å². The van der Waals surface area contributed by atoms with Crippen LogP contribution in [-0.4, -0.2) is 36.3 Å². The van der Waals surface area contributed by atoms with E-state index in [1.807, 2.05) is 19.9 Å². The van der Waals surface area contributed by atoms with Gasteiger partial charge in [-0.3, -0.25) is 9.59 Å². The second kappa shape index (κ2) is 6.83. The van der Waals surface area contributed by atoms with Gasteiger partial charge in [-0.1, -0.05) is 6.92 Å². The van der Waals surface area contributed by atoms with Crippen LogP contribution in [-0.2, 0) is 9.59 Å².